The zero-order valence-electron chi connectivity index (χ0n) is 17.6. The number of methoxy groups -OCH3 is 1. The van der Waals surface area contributed by atoms with E-state index in [-0.39, 0.29) is 5.91 Å². The molecule has 4 rings (SSSR count). The van der Waals surface area contributed by atoms with Gasteiger partial charge in [-0.25, -0.2) is 4.98 Å². The molecule has 0 saturated heterocycles. The van der Waals surface area contributed by atoms with Gasteiger partial charge in [0.2, 0.25) is 0 Å². The number of hydrogen-bond acceptors (Lipinski definition) is 3. The Balaban J connectivity index is 1.85. The number of carbonyl (C=O) groups excluding carboxylic acids is 1. The number of anilines is 1. The van der Waals surface area contributed by atoms with Crippen molar-refractivity contribution >= 4 is 22.5 Å². The molecule has 0 radical (unpaired) electrons. The number of nitrogens with zero attached hydrogens (tertiary/aromatic N) is 1. The van der Waals surface area contributed by atoms with Crippen molar-refractivity contribution in [2.24, 2.45) is 0 Å². The zero-order chi connectivity index (χ0) is 21.3. The van der Waals surface area contributed by atoms with E-state index < -0.39 is 0 Å². The average Bonchev–Trinajstić information content (AvgIpc) is 2.74. The Hall–Kier alpha value is -3.66. The summed E-state index contributed by atoms with van der Waals surface area (Å²) in [6.45, 7) is 6.12. The quantitative estimate of drug-likeness (QED) is 0.454. The fourth-order valence-electron chi connectivity index (χ4n) is 3.64. The van der Waals surface area contributed by atoms with Crippen molar-refractivity contribution in [1.29, 1.82) is 0 Å². The molecule has 3 aromatic carbocycles. The Morgan fingerprint density at radius 1 is 0.900 bits per heavy atom. The van der Waals surface area contributed by atoms with E-state index in [1.54, 1.807) is 13.2 Å². The van der Waals surface area contributed by atoms with E-state index >= 15 is 0 Å². The number of nitrogens with one attached hydrogen (secondary N) is 1. The van der Waals surface area contributed by atoms with Crippen molar-refractivity contribution in [2.45, 2.75) is 20.8 Å². The summed E-state index contributed by atoms with van der Waals surface area (Å²) in [5.41, 5.74) is 7.23. The minimum atomic E-state index is -0.172. The smallest absolute Gasteiger partial charge is 0.256 e. The largest absolute Gasteiger partial charge is 0.497 e. The Morgan fingerprint density at radius 2 is 1.67 bits per heavy atom. The molecule has 0 aliphatic rings. The molecule has 0 spiro atoms. The summed E-state index contributed by atoms with van der Waals surface area (Å²) in [5.74, 6) is 0.522. The summed E-state index contributed by atoms with van der Waals surface area (Å²) >= 11 is 0. The monoisotopic (exact) mass is 396 g/mol. The van der Waals surface area contributed by atoms with Gasteiger partial charge in [0.05, 0.1) is 23.9 Å². The topological polar surface area (TPSA) is 51.2 Å². The molecule has 0 unspecified atom stereocenters. The van der Waals surface area contributed by atoms with E-state index in [4.69, 9.17) is 9.72 Å². The SMILES string of the molecule is COc1cccc(NC(=O)c2cc(-c3ccc(C)cc3)nc3c(C)cc(C)cc23)c1. The van der Waals surface area contributed by atoms with Gasteiger partial charge in [-0.15, -0.1) is 0 Å². The second-order valence-electron chi connectivity index (χ2n) is 7.59. The van der Waals surface area contributed by atoms with Gasteiger partial charge >= 0.3 is 0 Å². The third-order valence-corrected chi connectivity index (χ3v) is 5.17. The first-order valence-corrected chi connectivity index (χ1v) is 9.89. The van der Waals surface area contributed by atoms with Crippen LogP contribution in [0.2, 0.25) is 0 Å². The summed E-state index contributed by atoms with van der Waals surface area (Å²) in [5, 5.41) is 3.86. The maximum atomic E-state index is 13.3. The van der Waals surface area contributed by atoms with Crippen LogP contribution in [0.4, 0.5) is 5.69 Å². The third-order valence-electron chi connectivity index (χ3n) is 5.17. The fourth-order valence-corrected chi connectivity index (χ4v) is 3.64. The van der Waals surface area contributed by atoms with Crippen molar-refractivity contribution in [3.05, 3.63) is 89.0 Å². The van der Waals surface area contributed by atoms with Crippen LogP contribution in [0, 0.1) is 20.8 Å². The number of aryl methyl sites for hydroxylation is 3. The molecule has 0 aliphatic carbocycles. The highest BCUT2D eigenvalue weighted by molar-refractivity contribution is 6.13. The molecule has 30 heavy (non-hydrogen) atoms. The highest BCUT2D eigenvalue weighted by atomic mass is 16.5. The number of hydrogen-bond donors (Lipinski definition) is 1. The number of rotatable bonds is 4. The lowest BCUT2D eigenvalue weighted by atomic mass is 9.99. The summed E-state index contributed by atoms with van der Waals surface area (Å²) in [4.78, 5) is 18.2. The van der Waals surface area contributed by atoms with E-state index in [1.165, 1.54) is 5.56 Å². The molecule has 4 heteroatoms. The van der Waals surface area contributed by atoms with Crippen molar-refractivity contribution in [3.8, 4) is 17.0 Å². The summed E-state index contributed by atoms with van der Waals surface area (Å²) in [6.07, 6.45) is 0. The average molecular weight is 396 g/mol. The third kappa shape index (κ3) is 3.90. The number of benzene rings is 3. The van der Waals surface area contributed by atoms with Crippen molar-refractivity contribution in [1.82, 2.24) is 4.98 Å². The normalized spacial score (nSPS) is 10.8. The lowest BCUT2D eigenvalue weighted by Crippen LogP contribution is -2.13. The first-order valence-electron chi connectivity index (χ1n) is 9.89. The molecule has 150 valence electrons. The molecule has 4 aromatic rings. The van der Waals surface area contributed by atoms with Crippen molar-refractivity contribution in [2.75, 3.05) is 12.4 Å². The second kappa shape index (κ2) is 7.99. The van der Waals surface area contributed by atoms with Crippen LogP contribution in [0.25, 0.3) is 22.2 Å². The van der Waals surface area contributed by atoms with Gasteiger partial charge in [-0.3, -0.25) is 4.79 Å². The Kier molecular flexibility index (Phi) is 5.23. The predicted octanol–water partition coefficient (Wildman–Crippen LogP) is 6.09. The van der Waals surface area contributed by atoms with Crippen LogP contribution < -0.4 is 10.1 Å². The summed E-state index contributed by atoms with van der Waals surface area (Å²) in [6, 6.07) is 21.5. The minimum absolute atomic E-state index is 0.172. The summed E-state index contributed by atoms with van der Waals surface area (Å²) < 4.78 is 5.27. The highest BCUT2D eigenvalue weighted by Gasteiger charge is 2.16. The van der Waals surface area contributed by atoms with Gasteiger partial charge < -0.3 is 10.1 Å². The molecule has 0 atom stereocenters. The standard InChI is InChI=1S/C26H24N2O2/c1-16-8-10-19(11-9-16)24-15-23(22-13-17(2)12-18(3)25(22)28-24)26(29)27-20-6-5-7-21(14-20)30-4/h5-15H,1-4H3,(H,27,29). The molecule has 0 aliphatic heterocycles. The van der Waals surface area contributed by atoms with Gasteiger partial charge in [-0.05, 0) is 50.6 Å². The fraction of sp³-hybridized carbons (Fsp3) is 0.154. The van der Waals surface area contributed by atoms with Gasteiger partial charge in [0.25, 0.3) is 5.91 Å². The first-order chi connectivity index (χ1) is 14.4. The lowest BCUT2D eigenvalue weighted by molar-refractivity contribution is 0.102. The lowest BCUT2D eigenvalue weighted by Gasteiger charge is -2.13. The van der Waals surface area contributed by atoms with Gasteiger partial charge in [0, 0.05) is 22.7 Å². The van der Waals surface area contributed by atoms with Crippen LogP contribution in [-0.2, 0) is 0 Å². The highest BCUT2D eigenvalue weighted by Crippen LogP contribution is 2.29. The molecular formula is C26H24N2O2. The molecule has 1 heterocycles. The molecule has 4 nitrogen and oxygen atoms in total. The number of ether oxygens (including phenoxy) is 1. The number of carbonyl (C=O) groups is 1. The van der Waals surface area contributed by atoms with Gasteiger partial charge in [0.15, 0.2) is 0 Å². The van der Waals surface area contributed by atoms with Crippen LogP contribution in [0.3, 0.4) is 0 Å². The van der Waals surface area contributed by atoms with Crippen LogP contribution >= 0.6 is 0 Å². The number of pyridine rings is 1. The number of aromatic nitrogens is 1. The van der Waals surface area contributed by atoms with E-state index in [0.717, 1.165) is 33.3 Å². The maximum Gasteiger partial charge on any atom is 0.256 e. The summed E-state index contributed by atoms with van der Waals surface area (Å²) in [7, 11) is 1.61. The Labute approximate surface area is 176 Å². The van der Waals surface area contributed by atoms with E-state index in [0.29, 0.717) is 17.0 Å². The Morgan fingerprint density at radius 3 is 2.40 bits per heavy atom. The number of fused-ring (bicyclic) bond motifs is 1. The van der Waals surface area contributed by atoms with Crippen LogP contribution in [0.1, 0.15) is 27.0 Å². The Bertz CT molecular complexity index is 1240. The van der Waals surface area contributed by atoms with Gasteiger partial charge in [-0.2, -0.15) is 0 Å². The van der Waals surface area contributed by atoms with Crippen molar-refractivity contribution in [3.63, 3.8) is 0 Å². The molecule has 0 bridgehead atoms. The maximum absolute atomic E-state index is 13.3. The predicted molar refractivity (Wildman–Crippen MR) is 122 cm³/mol. The van der Waals surface area contributed by atoms with E-state index in [9.17, 15) is 4.79 Å². The number of amides is 1. The molecule has 1 amide bonds. The second-order valence-corrected chi connectivity index (χ2v) is 7.59. The first kappa shape index (κ1) is 19.6. The van der Waals surface area contributed by atoms with Crippen LogP contribution in [-0.4, -0.2) is 18.0 Å². The molecule has 1 N–H and O–H groups in total. The van der Waals surface area contributed by atoms with Crippen LogP contribution in [0.15, 0.2) is 66.7 Å². The molecule has 1 aromatic heterocycles. The van der Waals surface area contributed by atoms with Gasteiger partial charge in [-0.1, -0.05) is 47.5 Å². The molecule has 0 saturated carbocycles. The van der Waals surface area contributed by atoms with Gasteiger partial charge in [0.1, 0.15) is 5.75 Å². The van der Waals surface area contributed by atoms with Crippen LogP contribution in [0.5, 0.6) is 5.75 Å². The molecule has 0 fully saturated rings. The van der Waals surface area contributed by atoms with E-state index in [1.807, 2.05) is 56.3 Å². The van der Waals surface area contributed by atoms with E-state index in [2.05, 4.69) is 30.4 Å². The van der Waals surface area contributed by atoms with Crippen molar-refractivity contribution < 1.29 is 9.53 Å². The zero-order valence-corrected chi connectivity index (χ0v) is 17.6. The minimum Gasteiger partial charge on any atom is -0.497 e. The molecular weight excluding hydrogens is 372 g/mol.